The van der Waals surface area contributed by atoms with E-state index in [0.29, 0.717) is 12.0 Å². The van der Waals surface area contributed by atoms with Crippen molar-refractivity contribution in [2.45, 2.75) is 38.4 Å². The molecule has 2 aliphatic heterocycles. The maximum absolute atomic E-state index is 12.6. The molecule has 0 radical (unpaired) electrons. The highest BCUT2D eigenvalue weighted by atomic mass is 32.1. The molecule has 2 aliphatic rings. The first kappa shape index (κ1) is 20.9. The van der Waals surface area contributed by atoms with Gasteiger partial charge in [0.05, 0.1) is 6.54 Å². The Kier molecular flexibility index (Phi) is 7.02. The van der Waals surface area contributed by atoms with Gasteiger partial charge in [-0.3, -0.25) is 14.7 Å². The van der Waals surface area contributed by atoms with E-state index in [4.69, 9.17) is 0 Å². The van der Waals surface area contributed by atoms with Gasteiger partial charge in [-0.25, -0.2) is 0 Å². The van der Waals surface area contributed by atoms with Crippen LogP contribution in [0.3, 0.4) is 0 Å². The number of thiophene rings is 1. The Morgan fingerprint density at radius 1 is 1.20 bits per heavy atom. The van der Waals surface area contributed by atoms with Crippen molar-refractivity contribution < 1.29 is 4.79 Å². The predicted octanol–water partition coefficient (Wildman–Crippen LogP) is 2.46. The van der Waals surface area contributed by atoms with Gasteiger partial charge in [0.25, 0.3) is 0 Å². The van der Waals surface area contributed by atoms with Crippen LogP contribution in [0, 0.1) is 0 Å². The molecule has 1 amide bonds. The molecule has 0 aliphatic carbocycles. The number of carbonyl (C=O) groups excluding carboxylic acids is 1. The second-order valence-electron chi connectivity index (χ2n) is 7.99. The number of benzene rings is 1. The molecule has 2 aromatic rings. The van der Waals surface area contributed by atoms with Crippen molar-refractivity contribution in [1.82, 2.24) is 20.4 Å². The number of aliphatic imine (C=N–C) groups is 1. The molecule has 0 spiro atoms. The van der Waals surface area contributed by atoms with Crippen molar-refractivity contribution in [1.29, 1.82) is 0 Å². The van der Waals surface area contributed by atoms with Crippen molar-refractivity contribution in [3.05, 3.63) is 57.8 Å². The van der Waals surface area contributed by atoms with Crippen LogP contribution in [0.5, 0.6) is 0 Å². The summed E-state index contributed by atoms with van der Waals surface area (Å²) >= 11 is 1.79. The minimum absolute atomic E-state index is 0.126. The Balaban J connectivity index is 1.22. The molecule has 1 fully saturated rings. The van der Waals surface area contributed by atoms with E-state index >= 15 is 0 Å². The maximum atomic E-state index is 12.6. The zero-order valence-electron chi connectivity index (χ0n) is 17.6. The van der Waals surface area contributed by atoms with Gasteiger partial charge < -0.3 is 15.5 Å². The summed E-state index contributed by atoms with van der Waals surface area (Å²) < 4.78 is 0. The van der Waals surface area contributed by atoms with Gasteiger partial charge in [-0.2, -0.15) is 0 Å². The van der Waals surface area contributed by atoms with Gasteiger partial charge in [0.1, 0.15) is 0 Å². The molecular weight excluding hydrogens is 394 g/mol. The summed E-state index contributed by atoms with van der Waals surface area (Å²) in [6.45, 7) is 4.75. The molecule has 1 atom stereocenters. The highest BCUT2D eigenvalue weighted by Gasteiger charge is 2.25. The molecule has 160 valence electrons. The molecule has 4 rings (SSSR count). The number of nitrogens with one attached hydrogen (secondary N) is 2. The minimum atomic E-state index is 0.126. The number of nitrogens with zero attached hydrogens (tertiary/aromatic N) is 3. The number of fused-ring (bicyclic) bond motifs is 1. The van der Waals surface area contributed by atoms with Gasteiger partial charge in [0.15, 0.2) is 5.96 Å². The van der Waals surface area contributed by atoms with E-state index in [1.807, 2.05) is 4.90 Å². The van der Waals surface area contributed by atoms with E-state index in [0.717, 1.165) is 39.1 Å². The van der Waals surface area contributed by atoms with Gasteiger partial charge in [0, 0.05) is 44.1 Å². The van der Waals surface area contributed by atoms with E-state index < -0.39 is 0 Å². The fraction of sp³-hybridized carbons (Fsp3) is 0.478. The quantitative estimate of drug-likeness (QED) is 0.551. The number of rotatable bonds is 6. The number of hydrogen-bond donors (Lipinski definition) is 2. The summed E-state index contributed by atoms with van der Waals surface area (Å²) in [6, 6.07) is 13.3. The second kappa shape index (κ2) is 10.1. The lowest BCUT2D eigenvalue weighted by molar-refractivity contribution is -0.130. The standard InChI is InChI=1S/C23H31N5OS/c1-24-23(26-15-22(29)28-12-9-21-19(17-28)10-13-30-21)25-14-20-8-5-11-27(20)16-18-6-3-2-4-7-18/h2-4,6-7,10,13,20H,5,8-9,11-12,14-17H2,1H3,(H2,24,25,26). The summed E-state index contributed by atoms with van der Waals surface area (Å²) in [4.78, 5) is 22.8. The number of hydrogen-bond acceptors (Lipinski definition) is 4. The van der Waals surface area contributed by atoms with Crippen LogP contribution in [0.4, 0.5) is 0 Å². The highest BCUT2D eigenvalue weighted by molar-refractivity contribution is 7.10. The maximum Gasteiger partial charge on any atom is 0.242 e. The third-order valence-electron chi connectivity index (χ3n) is 6.02. The van der Waals surface area contributed by atoms with Crippen LogP contribution in [0.25, 0.3) is 0 Å². The van der Waals surface area contributed by atoms with Crippen LogP contribution in [-0.2, 0) is 24.3 Å². The van der Waals surface area contributed by atoms with E-state index in [9.17, 15) is 4.79 Å². The normalized spacial score (nSPS) is 19.6. The lowest BCUT2D eigenvalue weighted by Gasteiger charge is -2.28. The summed E-state index contributed by atoms with van der Waals surface area (Å²) in [7, 11) is 1.76. The SMILES string of the molecule is CN=C(NCC(=O)N1CCc2sccc2C1)NCC1CCCN1Cc1ccccc1. The average molecular weight is 426 g/mol. The zero-order chi connectivity index (χ0) is 20.8. The Labute approximate surface area is 183 Å². The molecule has 2 N–H and O–H groups in total. The third kappa shape index (κ3) is 5.21. The third-order valence-corrected chi connectivity index (χ3v) is 7.05. The zero-order valence-corrected chi connectivity index (χ0v) is 18.5. The van der Waals surface area contributed by atoms with Crippen LogP contribution in [0.1, 0.15) is 28.8 Å². The van der Waals surface area contributed by atoms with Crippen LogP contribution in [0.15, 0.2) is 46.8 Å². The predicted molar refractivity (Wildman–Crippen MR) is 123 cm³/mol. The summed E-state index contributed by atoms with van der Waals surface area (Å²) in [5, 5.41) is 8.75. The minimum Gasteiger partial charge on any atom is -0.355 e. The van der Waals surface area contributed by atoms with E-state index in [2.05, 4.69) is 62.3 Å². The first-order valence-corrected chi connectivity index (χ1v) is 11.7. The van der Waals surface area contributed by atoms with Crippen molar-refractivity contribution in [3.8, 4) is 0 Å². The van der Waals surface area contributed by atoms with Crippen LogP contribution < -0.4 is 10.6 Å². The van der Waals surface area contributed by atoms with Crippen LogP contribution >= 0.6 is 11.3 Å². The Morgan fingerprint density at radius 3 is 2.90 bits per heavy atom. The molecule has 3 heterocycles. The van der Waals surface area contributed by atoms with E-state index in [-0.39, 0.29) is 12.5 Å². The average Bonchev–Trinajstić information content (AvgIpc) is 3.43. The lowest BCUT2D eigenvalue weighted by atomic mass is 10.1. The fourth-order valence-electron chi connectivity index (χ4n) is 4.32. The molecular formula is C23H31N5OS. The fourth-order valence-corrected chi connectivity index (χ4v) is 5.21. The highest BCUT2D eigenvalue weighted by Crippen LogP contribution is 2.24. The molecule has 0 bridgehead atoms. The van der Waals surface area contributed by atoms with Crippen LogP contribution in [0.2, 0.25) is 0 Å². The summed E-state index contributed by atoms with van der Waals surface area (Å²) in [6.07, 6.45) is 3.38. The molecule has 30 heavy (non-hydrogen) atoms. The van der Waals surface area contributed by atoms with Crippen molar-refractivity contribution in [2.24, 2.45) is 4.99 Å². The number of guanidine groups is 1. The van der Waals surface area contributed by atoms with Gasteiger partial charge in [-0.05, 0) is 48.4 Å². The van der Waals surface area contributed by atoms with Crippen molar-refractivity contribution in [3.63, 3.8) is 0 Å². The summed E-state index contributed by atoms with van der Waals surface area (Å²) in [5.74, 6) is 0.824. The Hall–Kier alpha value is -2.38. The number of carbonyl (C=O) groups is 1. The Morgan fingerprint density at radius 2 is 2.07 bits per heavy atom. The molecule has 1 saturated heterocycles. The largest absolute Gasteiger partial charge is 0.355 e. The van der Waals surface area contributed by atoms with Gasteiger partial charge in [0.2, 0.25) is 5.91 Å². The second-order valence-corrected chi connectivity index (χ2v) is 8.99. The molecule has 1 aromatic heterocycles. The molecule has 1 aromatic carbocycles. The first-order valence-electron chi connectivity index (χ1n) is 10.8. The molecule has 7 heteroatoms. The first-order chi connectivity index (χ1) is 14.7. The van der Waals surface area contributed by atoms with Gasteiger partial charge in [-0.1, -0.05) is 30.3 Å². The smallest absolute Gasteiger partial charge is 0.242 e. The van der Waals surface area contributed by atoms with E-state index in [1.165, 1.54) is 28.8 Å². The van der Waals surface area contributed by atoms with E-state index in [1.54, 1.807) is 18.4 Å². The lowest BCUT2D eigenvalue weighted by Crippen LogP contribution is -2.48. The Bertz CT molecular complexity index is 865. The summed E-state index contributed by atoms with van der Waals surface area (Å²) in [5.41, 5.74) is 2.65. The topological polar surface area (TPSA) is 60.0 Å². The monoisotopic (exact) mass is 425 g/mol. The van der Waals surface area contributed by atoms with Crippen molar-refractivity contribution in [2.75, 3.05) is 33.2 Å². The van der Waals surface area contributed by atoms with Gasteiger partial charge in [-0.15, -0.1) is 11.3 Å². The number of amides is 1. The molecule has 0 saturated carbocycles. The van der Waals surface area contributed by atoms with Gasteiger partial charge >= 0.3 is 0 Å². The molecule has 1 unspecified atom stereocenters. The number of likely N-dealkylation sites (tertiary alicyclic amines) is 1. The van der Waals surface area contributed by atoms with Crippen molar-refractivity contribution >= 4 is 23.2 Å². The van der Waals surface area contributed by atoms with Crippen LogP contribution in [-0.4, -0.2) is 60.9 Å². The molecule has 6 nitrogen and oxygen atoms in total.